The summed E-state index contributed by atoms with van der Waals surface area (Å²) < 4.78 is 18.3. The molecule has 0 saturated carbocycles. The van der Waals surface area contributed by atoms with Gasteiger partial charge < -0.3 is 15.2 Å². The summed E-state index contributed by atoms with van der Waals surface area (Å²) in [4.78, 5) is 11.4. The van der Waals surface area contributed by atoms with Crippen molar-refractivity contribution in [3.05, 3.63) is 59.9 Å². The van der Waals surface area contributed by atoms with Crippen molar-refractivity contribution >= 4 is 11.7 Å². The fourth-order valence-electron chi connectivity index (χ4n) is 1.92. The minimum Gasteiger partial charge on any atom is -0.496 e. The van der Waals surface area contributed by atoms with E-state index in [-0.39, 0.29) is 0 Å². The van der Waals surface area contributed by atoms with E-state index in [1.54, 1.807) is 30.3 Å². The normalized spacial score (nSPS) is 11.7. The molecule has 0 aliphatic heterocycles. The molecule has 5 heteroatoms. The number of methoxy groups -OCH3 is 1. The topological polar surface area (TPSA) is 58.6 Å². The molecule has 0 saturated heterocycles. The number of hydrogen-bond acceptors (Lipinski definition) is 3. The molecule has 0 spiro atoms. The molecule has 0 bridgehead atoms. The Labute approximate surface area is 115 Å². The largest absolute Gasteiger partial charge is 0.496 e. The third kappa shape index (κ3) is 3.06. The fourth-order valence-corrected chi connectivity index (χ4v) is 1.92. The van der Waals surface area contributed by atoms with Crippen molar-refractivity contribution in [1.29, 1.82) is 0 Å². The molecule has 2 aromatic carbocycles. The lowest BCUT2D eigenvalue weighted by Crippen LogP contribution is -2.21. The molecule has 0 amide bonds. The van der Waals surface area contributed by atoms with Gasteiger partial charge in [-0.2, -0.15) is 0 Å². The van der Waals surface area contributed by atoms with Crippen molar-refractivity contribution in [3.8, 4) is 5.75 Å². The molecule has 0 aliphatic rings. The molecule has 20 heavy (non-hydrogen) atoms. The first-order valence-electron chi connectivity index (χ1n) is 5.99. The first kappa shape index (κ1) is 13.9. The van der Waals surface area contributed by atoms with Crippen molar-refractivity contribution in [2.24, 2.45) is 0 Å². The quantitative estimate of drug-likeness (QED) is 0.880. The Hall–Kier alpha value is -2.56. The maximum absolute atomic E-state index is 13.2. The third-order valence-electron chi connectivity index (χ3n) is 2.83. The van der Waals surface area contributed by atoms with Crippen LogP contribution in [-0.2, 0) is 4.79 Å². The predicted molar refractivity (Wildman–Crippen MR) is 73.4 cm³/mol. The minimum absolute atomic E-state index is 0.392. The standard InChI is InChI=1S/C15H14FNO3/c1-20-13-8-3-2-7-12(13)14(15(18)19)17-11-6-4-5-10(16)9-11/h2-9,14,17H,1H3,(H,18,19). The van der Waals surface area contributed by atoms with Crippen LogP contribution in [0.5, 0.6) is 5.75 Å². The summed E-state index contributed by atoms with van der Waals surface area (Å²) >= 11 is 0. The lowest BCUT2D eigenvalue weighted by molar-refractivity contribution is -0.138. The number of benzene rings is 2. The summed E-state index contributed by atoms with van der Waals surface area (Å²) in [5.41, 5.74) is 0.870. The van der Waals surface area contributed by atoms with Crippen LogP contribution in [0.3, 0.4) is 0 Å². The summed E-state index contributed by atoms with van der Waals surface area (Å²) in [5.74, 6) is -1.04. The molecule has 0 aromatic heterocycles. The van der Waals surface area contributed by atoms with E-state index >= 15 is 0 Å². The highest BCUT2D eigenvalue weighted by molar-refractivity contribution is 5.80. The molecule has 0 aliphatic carbocycles. The van der Waals surface area contributed by atoms with Crippen molar-refractivity contribution < 1.29 is 19.0 Å². The Morgan fingerprint density at radius 1 is 1.25 bits per heavy atom. The van der Waals surface area contributed by atoms with Crippen LogP contribution in [0.2, 0.25) is 0 Å². The van der Waals surface area contributed by atoms with Crippen LogP contribution in [0.1, 0.15) is 11.6 Å². The maximum atomic E-state index is 13.2. The fraction of sp³-hybridized carbons (Fsp3) is 0.133. The Balaban J connectivity index is 2.34. The van der Waals surface area contributed by atoms with Crippen LogP contribution in [0.15, 0.2) is 48.5 Å². The predicted octanol–water partition coefficient (Wildman–Crippen LogP) is 3.07. The zero-order valence-corrected chi connectivity index (χ0v) is 10.8. The Kier molecular flexibility index (Phi) is 4.20. The highest BCUT2D eigenvalue weighted by Crippen LogP contribution is 2.28. The number of aliphatic carboxylic acids is 1. The van der Waals surface area contributed by atoms with Gasteiger partial charge in [-0.15, -0.1) is 0 Å². The summed E-state index contributed by atoms with van der Waals surface area (Å²) in [6.45, 7) is 0. The Bertz CT molecular complexity index is 616. The number of para-hydroxylation sites is 1. The summed E-state index contributed by atoms with van der Waals surface area (Å²) in [7, 11) is 1.47. The Morgan fingerprint density at radius 3 is 2.65 bits per heavy atom. The molecule has 0 radical (unpaired) electrons. The lowest BCUT2D eigenvalue weighted by Gasteiger charge is -2.18. The second-order valence-electron chi connectivity index (χ2n) is 4.17. The van der Waals surface area contributed by atoms with Crippen LogP contribution in [0.25, 0.3) is 0 Å². The van der Waals surface area contributed by atoms with E-state index in [2.05, 4.69) is 5.32 Å². The van der Waals surface area contributed by atoms with Gasteiger partial charge in [-0.05, 0) is 24.3 Å². The molecule has 0 fully saturated rings. The van der Waals surface area contributed by atoms with Crippen molar-refractivity contribution in [3.63, 3.8) is 0 Å². The van der Waals surface area contributed by atoms with E-state index in [1.807, 2.05) is 0 Å². The van der Waals surface area contributed by atoms with Crippen LogP contribution < -0.4 is 10.1 Å². The van der Waals surface area contributed by atoms with E-state index in [9.17, 15) is 14.3 Å². The monoisotopic (exact) mass is 275 g/mol. The second-order valence-corrected chi connectivity index (χ2v) is 4.17. The lowest BCUT2D eigenvalue weighted by atomic mass is 10.1. The van der Waals surface area contributed by atoms with Gasteiger partial charge in [0.2, 0.25) is 0 Å². The van der Waals surface area contributed by atoms with Gasteiger partial charge in [0.25, 0.3) is 0 Å². The van der Waals surface area contributed by atoms with Gasteiger partial charge in [0.1, 0.15) is 11.6 Å². The molecule has 1 atom stereocenters. The van der Waals surface area contributed by atoms with Gasteiger partial charge in [0, 0.05) is 11.3 Å². The number of anilines is 1. The number of hydrogen-bond donors (Lipinski definition) is 2. The van der Waals surface area contributed by atoms with Gasteiger partial charge in [-0.3, -0.25) is 0 Å². The number of carbonyl (C=O) groups is 1. The number of ether oxygens (including phenoxy) is 1. The van der Waals surface area contributed by atoms with Gasteiger partial charge in [-0.1, -0.05) is 24.3 Å². The zero-order chi connectivity index (χ0) is 14.5. The number of halogens is 1. The van der Waals surface area contributed by atoms with Gasteiger partial charge in [0.15, 0.2) is 6.04 Å². The summed E-state index contributed by atoms with van der Waals surface area (Å²) in [5, 5.41) is 12.2. The van der Waals surface area contributed by atoms with Crippen LogP contribution in [0.4, 0.5) is 10.1 Å². The van der Waals surface area contributed by atoms with E-state index in [4.69, 9.17) is 4.74 Å². The van der Waals surface area contributed by atoms with Crippen molar-refractivity contribution in [2.75, 3.05) is 12.4 Å². The number of rotatable bonds is 5. The first-order valence-corrected chi connectivity index (χ1v) is 5.99. The number of nitrogens with one attached hydrogen (secondary N) is 1. The summed E-state index contributed by atoms with van der Waals surface area (Å²) in [6, 6.07) is 11.4. The molecule has 1 unspecified atom stereocenters. The molecule has 2 aromatic rings. The SMILES string of the molecule is COc1ccccc1C(Nc1cccc(F)c1)C(=O)O. The van der Waals surface area contributed by atoms with E-state index in [0.29, 0.717) is 17.0 Å². The number of carboxylic acid groups (broad SMARTS) is 1. The van der Waals surface area contributed by atoms with Crippen molar-refractivity contribution in [1.82, 2.24) is 0 Å². The molecule has 4 nitrogen and oxygen atoms in total. The van der Waals surface area contributed by atoms with Crippen LogP contribution >= 0.6 is 0 Å². The molecular formula is C15H14FNO3. The van der Waals surface area contributed by atoms with Crippen LogP contribution in [0, 0.1) is 5.82 Å². The average molecular weight is 275 g/mol. The van der Waals surface area contributed by atoms with E-state index in [1.165, 1.54) is 25.3 Å². The van der Waals surface area contributed by atoms with Crippen LogP contribution in [-0.4, -0.2) is 18.2 Å². The second kappa shape index (κ2) is 6.06. The van der Waals surface area contributed by atoms with Crippen molar-refractivity contribution in [2.45, 2.75) is 6.04 Å². The molecule has 2 rings (SSSR count). The summed E-state index contributed by atoms with van der Waals surface area (Å²) in [6.07, 6.45) is 0. The molecule has 0 heterocycles. The van der Waals surface area contributed by atoms with Gasteiger partial charge in [0.05, 0.1) is 7.11 Å². The number of carboxylic acids is 1. The average Bonchev–Trinajstić information content (AvgIpc) is 2.44. The minimum atomic E-state index is -1.07. The molecule has 2 N–H and O–H groups in total. The zero-order valence-electron chi connectivity index (χ0n) is 10.8. The van der Waals surface area contributed by atoms with Gasteiger partial charge >= 0.3 is 5.97 Å². The van der Waals surface area contributed by atoms with Gasteiger partial charge in [-0.25, -0.2) is 9.18 Å². The maximum Gasteiger partial charge on any atom is 0.330 e. The first-order chi connectivity index (χ1) is 9.61. The smallest absolute Gasteiger partial charge is 0.330 e. The highest BCUT2D eigenvalue weighted by Gasteiger charge is 2.23. The van der Waals surface area contributed by atoms with E-state index < -0.39 is 17.8 Å². The Morgan fingerprint density at radius 2 is 2.00 bits per heavy atom. The third-order valence-corrected chi connectivity index (χ3v) is 2.83. The van der Waals surface area contributed by atoms with E-state index in [0.717, 1.165) is 0 Å². The molecule has 104 valence electrons. The highest BCUT2D eigenvalue weighted by atomic mass is 19.1. The molecular weight excluding hydrogens is 261 g/mol.